The number of nitrogens with zero attached hydrogens (tertiary/aromatic N) is 2. The summed E-state index contributed by atoms with van der Waals surface area (Å²) in [5.74, 6) is 1.35. The molecule has 0 aliphatic carbocycles. The van der Waals surface area contributed by atoms with E-state index in [4.69, 9.17) is 4.98 Å². The number of hydrogen-bond acceptors (Lipinski definition) is 3. The van der Waals surface area contributed by atoms with E-state index in [0.29, 0.717) is 5.92 Å². The lowest BCUT2D eigenvalue weighted by molar-refractivity contribution is 0.867. The topological polar surface area (TPSA) is 53.6 Å². The summed E-state index contributed by atoms with van der Waals surface area (Å²) in [5.41, 5.74) is 4.29. The molecule has 5 aromatic rings. The molecule has 0 unspecified atom stereocenters. The predicted molar refractivity (Wildman–Crippen MR) is 113 cm³/mol. The van der Waals surface area contributed by atoms with Crippen LogP contribution in [-0.2, 0) is 0 Å². The summed E-state index contributed by atoms with van der Waals surface area (Å²) in [6, 6.07) is 18.9. The minimum atomic E-state index is 0.486. The van der Waals surface area contributed by atoms with Gasteiger partial charge >= 0.3 is 0 Å². The van der Waals surface area contributed by atoms with Crippen molar-refractivity contribution < 1.29 is 0 Å². The van der Waals surface area contributed by atoms with Gasteiger partial charge in [-0.25, -0.2) is 4.98 Å². The van der Waals surface area contributed by atoms with Crippen molar-refractivity contribution in [1.29, 1.82) is 0 Å². The molecule has 27 heavy (non-hydrogen) atoms. The molecule has 0 saturated carbocycles. The second-order valence-corrected chi connectivity index (χ2v) is 7.18. The van der Waals surface area contributed by atoms with E-state index in [1.54, 1.807) is 6.20 Å². The van der Waals surface area contributed by atoms with Crippen LogP contribution in [0.4, 0.5) is 11.5 Å². The van der Waals surface area contributed by atoms with Gasteiger partial charge in [0.25, 0.3) is 0 Å². The van der Waals surface area contributed by atoms with Crippen molar-refractivity contribution in [2.24, 2.45) is 0 Å². The molecule has 0 bridgehead atoms. The number of benzene rings is 2. The Hall–Kier alpha value is -3.40. The van der Waals surface area contributed by atoms with E-state index in [-0.39, 0.29) is 0 Å². The predicted octanol–water partition coefficient (Wildman–Crippen LogP) is 6.13. The molecular formula is C23H20N4. The van der Waals surface area contributed by atoms with Gasteiger partial charge in [-0.2, -0.15) is 0 Å². The van der Waals surface area contributed by atoms with Gasteiger partial charge in [-0.3, -0.25) is 4.98 Å². The highest BCUT2D eigenvalue weighted by Crippen LogP contribution is 2.35. The third-order valence-corrected chi connectivity index (χ3v) is 5.07. The third kappa shape index (κ3) is 2.61. The number of pyridine rings is 2. The van der Waals surface area contributed by atoms with Crippen LogP contribution >= 0.6 is 0 Å². The normalized spacial score (nSPS) is 11.7. The third-order valence-electron chi connectivity index (χ3n) is 5.07. The number of hydrogen-bond donors (Lipinski definition) is 2. The largest absolute Gasteiger partial charge is 0.340 e. The average molecular weight is 352 g/mol. The molecule has 2 aromatic carbocycles. The minimum Gasteiger partial charge on any atom is -0.340 e. The van der Waals surface area contributed by atoms with Gasteiger partial charge in [-0.1, -0.05) is 50.2 Å². The second-order valence-electron chi connectivity index (χ2n) is 7.18. The summed E-state index contributed by atoms with van der Waals surface area (Å²) in [6.07, 6.45) is 3.71. The Labute approximate surface area is 157 Å². The molecule has 0 amide bonds. The Bertz CT molecular complexity index is 1280. The van der Waals surface area contributed by atoms with Crippen molar-refractivity contribution in [3.63, 3.8) is 0 Å². The van der Waals surface area contributed by atoms with Crippen LogP contribution in [-0.4, -0.2) is 15.0 Å². The summed E-state index contributed by atoms with van der Waals surface area (Å²) in [5, 5.41) is 8.03. The Balaban J connectivity index is 1.74. The zero-order valence-electron chi connectivity index (χ0n) is 15.3. The van der Waals surface area contributed by atoms with Crippen LogP contribution in [0.5, 0.6) is 0 Å². The van der Waals surface area contributed by atoms with Crippen LogP contribution in [0.2, 0.25) is 0 Å². The number of anilines is 2. The van der Waals surface area contributed by atoms with Crippen LogP contribution in [0.1, 0.15) is 25.3 Å². The monoisotopic (exact) mass is 352 g/mol. The maximum absolute atomic E-state index is 4.92. The average Bonchev–Trinajstić information content (AvgIpc) is 3.07. The van der Waals surface area contributed by atoms with E-state index in [0.717, 1.165) is 38.8 Å². The lowest BCUT2D eigenvalue weighted by Crippen LogP contribution is -1.97. The van der Waals surface area contributed by atoms with Crippen molar-refractivity contribution >= 4 is 44.2 Å². The molecule has 0 saturated heterocycles. The van der Waals surface area contributed by atoms with E-state index >= 15 is 0 Å². The molecule has 0 atom stereocenters. The maximum atomic E-state index is 4.92. The van der Waals surface area contributed by atoms with Crippen LogP contribution < -0.4 is 5.32 Å². The fraction of sp³-hybridized carbons (Fsp3) is 0.130. The molecule has 5 rings (SSSR count). The Morgan fingerprint density at radius 1 is 0.926 bits per heavy atom. The minimum absolute atomic E-state index is 0.486. The van der Waals surface area contributed by atoms with Gasteiger partial charge in [0.15, 0.2) is 0 Å². The zero-order valence-corrected chi connectivity index (χ0v) is 15.3. The molecule has 4 heteroatoms. The van der Waals surface area contributed by atoms with Gasteiger partial charge in [0.2, 0.25) is 0 Å². The highest BCUT2D eigenvalue weighted by Gasteiger charge is 2.13. The molecule has 2 N–H and O–H groups in total. The van der Waals surface area contributed by atoms with E-state index in [1.807, 2.05) is 12.3 Å². The molecule has 0 radical (unpaired) electrons. The Kier molecular flexibility index (Phi) is 3.57. The number of H-pyrrole nitrogens is 1. The van der Waals surface area contributed by atoms with Crippen LogP contribution in [0, 0.1) is 0 Å². The van der Waals surface area contributed by atoms with Crippen LogP contribution in [0.15, 0.2) is 67.0 Å². The number of nitrogens with one attached hydrogen (secondary N) is 2. The fourth-order valence-corrected chi connectivity index (χ4v) is 3.66. The number of rotatable bonds is 3. The first-order chi connectivity index (χ1) is 13.2. The molecule has 3 aromatic heterocycles. The van der Waals surface area contributed by atoms with Gasteiger partial charge in [-0.15, -0.1) is 0 Å². The maximum Gasteiger partial charge on any atom is 0.141 e. The first-order valence-electron chi connectivity index (χ1n) is 9.22. The van der Waals surface area contributed by atoms with Crippen molar-refractivity contribution in [3.05, 3.63) is 72.6 Å². The molecule has 3 heterocycles. The van der Waals surface area contributed by atoms with E-state index in [2.05, 4.69) is 77.7 Å². The second kappa shape index (κ2) is 6.09. The van der Waals surface area contributed by atoms with E-state index < -0.39 is 0 Å². The van der Waals surface area contributed by atoms with E-state index in [9.17, 15) is 0 Å². The van der Waals surface area contributed by atoms with Gasteiger partial charge in [0.1, 0.15) is 11.5 Å². The quantitative estimate of drug-likeness (QED) is 0.410. The number of aromatic nitrogens is 3. The lowest BCUT2D eigenvalue weighted by Gasteiger charge is -2.12. The van der Waals surface area contributed by atoms with Gasteiger partial charge in [0.05, 0.1) is 5.52 Å². The molecule has 0 spiro atoms. The fourth-order valence-electron chi connectivity index (χ4n) is 3.66. The highest BCUT2D eigenvalue weighted by molar-refractivity contribution is 6.20. The summed E-state index contributed by atoms with van der Waals surface area (Å²) in [4.78, 5) is 12.6. The number of fused-ring (bicyclic) bond motifs is 5. The first kappa shape index (κ1) is 15.8. The van der Waals surface area contributed by atoms with Crippen LogP contribution in [0.25, 0.3) is 32.7 Å². The highest BCUT2D eigenvalue weighted by atomic mass is 15.0. The molecule has 0 aliphatic rings. The smallest absolute Gasteiger partial charge is 0.141 e. The zero-order chi connectivity index (χ0) is 18.4. The van der Waals surface area contributed by atoms with E-state index in [1.165, 1.54) is 10.9 Å². The van der Waals surface area contributed by atoms with Crippen molar-refractivity contribution in [2.45, 2.75) is 19.8 Å². The van der Waals surface area contributed by atoms with Crippen molar-refractivity contribution in [2.75, 3.05) is 5.32 Å². The standard InChI is InChI=1S/C23H20N4/c1-14(2)15-6-5-7-16(12-15)25-22-18-9-4-3-8-17(18)21-19-13-24-11-10-20(19)26-23(21)27-22/h3-14H,1-2H3,(H2,25,26,27). The van der Waals surface area contributed by atoms with Crippen LogP contribution in [0.3, 0.4) is 0 Å². The first-order valence-corrected chi connectivity index (χ1v) is 9.22. The SMILES string of the molecule is CC(C)c1cccc(Nc2nc3[nH]c4ccncc4c3c3ccccc23)c1. The molecule has 0 aliphatic heterocycles. The molecule has 132 valence electrons. The Morgan fingerprint density at radius 3 is 2.63 bits per heavy atom. The summed E-state index contributed by atoms with van der Waals surface area (Å²) in [6.45, 7) is 4.41. The molecule has 4 nitrogen and oxygen atoms in total. The van der Waals surface area contributed by atoms with Gasteiger partial charge in [0, 0.05) is 34.2 Å². The van der Waals surface area contributed by atoms with Gasteiger partial charge < -0.3 is 10.3 Å². The summed E-state index contributed by atoms with van der Waals surface area (Å²) in [7, 11) is 0. The van der Waals surface area contributed by atoms with Crippen molar-refractivity contribution in [3.8, 4) is 0 Å². The Morgan fingerprint density at radius 2 is 1.78 bits per heavy atom. The number of aromatic amines is 1. The van der Waals surface area contributed by atoms with Crippen molar-refractivity contribution in [1.82, 2.24) is 15.0 Å². The summed E-state index contributed by atoms with van der Waals surface area (Å²) >= 11 is 0. The van der Waals surface area contributed by atoms with Gasteiger partial charge in [-0.05, 0) is 35.1 Å². The lowest BCUT2D eigenvalue weighted by atomic mass is 10.0. The molecular weight excluding hydrogens is 332 g/mol. The summed E-state index contributed by atoms with van der Waals surface area (Å²) < 4.78 is 0. The molecule has 0 fully saturated rings.